The van der Waals surface area contributed by atoms with Crippen LogP contribution in [-0.2, 0) is 19.2 Å². The van der Waals surface area contributed by atoms with Crippen LogP contribution in [0.25, 0.3) is 0 Å². The zero-order valence-electron chi connectivity index (χ0n) is 24.4. The van der Waals surface area contributed by atoms with Crippen LogP contribution in [0, 0.1) is 5.92 Å². The van der Waals surface area contributed by atoms with Crippen LogP contribution in [0.4, 0.5) is 0 Å². The molecule has 222 valence electrons. The molecule has 0 spiro atoms. The maximum absolute atomic E-state index is 13.3. The Morgan fingerprint density at radius 1 is 1.12 bits per heavy atom. The van der Waals surface area contributed by atoms with E-state index in [1.54, 1.807) is 38.1 Å². The zero-order valence-corrected chi connectivity index (χ0v) is 24.4. The fourth-order valence-corrected chi connectivity index (χ4v) is 4.15. The first-order valence-electron chi connectivity index (χ1n) is 13.8. The van der Waals surface area contributed by atoms with Crippen LogP contribution in [0.3, 0.4) is 0 Å². The summed E-state index contributed by atoms with van der Waals surface area (Å²) in [7, 11) is 3.85. The van der Waals surface area contributed by atoms with Crippen molar-refractivity contribution >= 4 is 29.5 Å². The summed E-state index contributed by atoms with van der Waals surface area (Å²) in [6.45, 7) is 8.18. The molecule has 3 atom stereocenters. The van der Waals surface area contributed by atoms with Crippen molar-refractivity contribution in [2.45, 2.75) is 58.7 Å². The molecule has 12 heteroatoms. The van der Waals surface area contributed by atoms with E-state index in [-0.39, 0.29) is 49.3 Å². The van der Waals surface area contributed by atoms with Crippen molar-refractivity contribution in [1.82, 2.24) is 31.1 Å². The van der Waals surface area contributed by atoms with E-state index in [0.29, 0.717) is 13.0 Å². The summed E-state index contributed by atoms with van der Waals surface area (Å²) < 4.78 is 5.87. The Hall–Kier alpha value is -3.67. The highest BCUT2D eigenvalue weighted by Gasteiger charge is 2.30. The van der Waals surface area contributed by atoms with Crippen LogP contribution in [0.15, 0.2) is 24.3 Å². The average molecular weight is 561 g/mol. The second kappa shape index (κ2) is 15.8. The van der Waals surface area contributed by atoms with Crippen LogP contribution in [0.5, 0.6) is 5.75 Å². The highest BCUT2D eigenvalue weighted by molar-refractivity contribution is 6.01. The molecule has 1 heterocycles. The van der Waals surface area contributed by atoms with E-state index >= 15 is 0 Å². The zero-order chi connectivity index (χ0) is 29.8. The predicted molar refractivity (Wildman–Crippen MR) is 151 cm³/mol. The molecule has 0 bridgehead atoms. The molecule has 0 radical (unpaired) electrons. The Kier molecular flexibility index (Phi) is 12.9. The van der Waals surface area contributed by atoms with Gasteiger partial charge in [-0.2, -0.15) is 0 Å². The van der Waals surface area contributed by atoms with Gasteiger partial charge in [-0.05, 0) is 59.0 Å². The number of benzene rings is 1. The van der Waals surface area contributed by atoms with Gasteiger partial charge in [-0.15, -0.1) is 0 Å². The van der Waals surface area contributed by atoms with E-state index in [0.717, 1.165) is 6.54 Å². The fourth-order valence-electron chi connectivity index (χ4n) is 4.15. The lowest BCUT2D eigenvalue weighted by Crippen LogP contribution is -2.55. The molecule has 0 aliphatic carbocycles. The van der Waals surface area contributed by atoms with Crippen LogP contribution in [0.2, 0.25) is 0 Å². The number of ether oxygens (including phenoxy) is 1. The SMILES string of the molecule is CCN1CC(=O)N[C@H](C(C)C)C(=O)N[C@@H](C)COc2ccccc2C(=O)N[C@H](C(=O)NCCCN(C)C)CC1=O. The summed E-state index contributed by atoms with van der Waals surface area (Å²) in [5, 5.41) is 11.0. The summed E-state index contributed by atoms with van der Waals surface area (Å²) in [4.78, 5) is 68.8. The van der Waals surface area contributed by atoms with Gasteiger partial charge in [0.25, 0.3) is 5.91 Å². The molecular weight excluding hydrogens is 516 g/mol. The van der Waals surface area contributed by atoms with Crippen molar-refractivity contribution in [3.8, 4) is 5.75 Å². The van der Waals surface area contributed by atoms with E-state index in [1.165, 1.54) is 4.90 Å². The molecule has 5 amide bonds. The molecular formula is C28H44N6O6. The lowest BCUT2D eigenvalue weighted by atomic mass is 10.0. The molecule has 0 unspecified atom stereocenters. The number of hydrogen-bond acceptors (Lipinski definition) is 7. The summed E-state index contributed by atoms with van der Waals surface area (Å²) in [6, 6.07) is 4.12. The maximum atomic E-state index is 13.3. The number of nitrogens with one attached hydrogen (secondary N) is 4. The number of carbonyl (C=O) groups is 5. The molecule has 1 aromatic rings. The van der Waals surface area contributed by atoms with E-state index in [2.05, 4.69) is 21.3 Å². The molecule has 0 saturated heterocycles. The third-order valence-corrected chi connectivity index (χ3v) is 6.43. The van der Waals surface area contributed by atoms with Crippen molar-refractivity contribution in [3.05, 3.63) is 29.8 Å². The van der Waals surface area contributed by atoms with Crippen molar-refractivity contribution in [2.24, 2.45) is 5.92 Å². The Bertz CT molecular complexity index is 1050. The number of likely N-dealkylation sites (N-methyl/N-ethyl adjacent to an activating group) is 1. The second-order valence-corrected chi connectivity index (χ2v) is 10.6. The van der Waals surface area contributed by atoms with Gasteiger partial charge in [0.05, 0.1) is 24.6 Å². The van der Waals surface area contributed by atoms with Crippen LogP contribution >= 0.6 is 0 Å². The topological polar surface area (TPSA) is 149 Å². The molecule has 4 N–H and O–H groups in total. The number of amides is 5. The second-order valence-electron chi connectivity index (χ2n) is 10.6. The quantitative estimate of drug-likeness (QED) is 0.346. The number of fused-ring (bicyclic) bond motifs is 1. The van der Waals surface area contributed by atoms with Gasteiger partial charge in [-0.3, -0.25) is 24.0 Å². The minimum atomic E-state index is -1.18. The Labute approximate surface area is 236 Å². The third kappa shape index (κ3) is 10.1. The van der Waals surface area contributed by atoms with Crippen LogP contribution in [-0.4, -0.2) is 104 Å². The molecule has 1 aliphatic heterocycles. The molecule has 0 fully saturated rings. The molecule has 1 aromatic carbocycles. The number of para-hydroxylation sites is 1. The molecule has 40 heavy (non-hydrogen) atoms. The van der Waals surface area contributed by atoms with E-state index in [4.69, 9.17) is 4.74 Å². The molecule has 1 aliphatic rings. The minimum absolute atomic E-state index is 0.0622. The van der Waals surface area contributed by atoms with Gasteiger partial charge < -0.3 is 35.8 Å². The van der Waals surface area contributed by atoms with Crippen LogP contribution < -0.4 is 26.0 Å². The van der Waals surface area contributed by atoms with Gasteiger partial charge in [-0.25, -0.2) is 0 Å². The lowest BCUT2D eigenvalue weighted by Gasteiger charge is -2.27. The largest absolute Gasteiger partial charge is 0.491 e. The van der Waals surface area contributed by atoms with E-state index in [1.807, 2.05) is 32.8 Å². The van der Waals surface area contributed by atoms with Gasteiger partial charge in [0, 0.05) is 13.1 Å². The Balaban J connectivity index is 2.38. The van der Waals surface area contributed by atoms with E-state index in [9.17, 15) is 24.0 Å². The first-order chi connectivity index (χ1) is 18.9. The van der Waals surface area contributed by atoms with Crippen molar-refractivity contribution in [3.63, 3.8) is 0 Å². The van der Waals surface area contributed by atoms with Crippen molar-refractivity contribution < 1.29 is 28.7 Å². The first-order valence-corrected chi connectivity index (χ1v) is 13.8. The first kappa shape index (κ1) is 32.5. The minimum Gasteiger partial charge on any atom is -0.491 e. The third-order valence-electron chi connectivity index (χ3n) is 6.43. The lowest BCUT2D eigenvalue weighted by molar-refractivity contribution is -0.138. The normalized spacial score (nSPS) is 21.6. The van der Waals surface area contributed by atoms with Gasteiger partial charge in [0.2, 0.25) is 23.6 Å². The molecule has 2 rings (SSSR count). The molecule has 0 saturated carbocycles. The maximum Gasteiger partial charge on any atom is 0.255 e. The number of carbonyl (C=O) groups excluding carboxylic acids is 5. The summed E-state index contributed by atoms with van der Waals surface area (Å²) in [5.41, 5.74) is 0.187. The van der Waals surface area contributed by atoms with Crippen molar-refractivity contribution in [1.29, 1.82) is 0 Å². The fraction of sp³-hybridized carbons (Fsp3) is 0.607. The smallest absolute Gasteiger partial charge is 0.255 e. The summed E-state index contributed by atoms with van der Waals surface area (Å²) in [6.07, 6.45) is 0.341. The summed E-state index contributed by atoms with van der Waals surface area (Å²) >= 11 is 0. The van der Waals surface area contributed by atoms with Gasteiger partial charge in [0.1, 0.15) is 24.4 Å². The Morgan fingerprint density at radius 3 is 2.48 bits per heavy atom. The standard InChI is InChI=1S/C28H44N6O6/c1-7-34-16-23(35)32-25(18(2)3)28(39)30-19(4)17-40-22-12-9-8-11-20(22)26(37)31-21(15-24(34)36)27(38)29-13-10-14-33(5)6/h8-9,11-12,18-19,21,25H,7,10,13-17H2,1-6H3,(H,29,38)(H,30,39)(H,31,37)(H,32,35)/t19-,21-,25+/m0/s1. The predicted octanol–water partition coefficient (Wildman–Crippen LogP) is 0.129. The number of hydrogen-bond donors (Lipinski definition) is 4. The molecule has 12 nitrogen and oxygen atoms in total. The highest BCUT2D eigenvalue weighted by Crippen LogP contribution is 2.19. The number of nitrogens with zero attached hydrogens (tertiary/aromatic N) is 2. The van der Waals surface area contributed by atoms with Crippen LogP contribution in [0.1, 0.15) is 50.9 Å². The van der Waals surface area contributed by atoms with E-state index < -0.39 is 41.8 Å². The highest BCUT2D eigenvalue weighted by atomic mass is 16.5. The summed E-state index contributed by atoms with van der Waals surface area (Å²) in [5.74, 6) is -2.40. The average Bonchev–Trinajstić information content (AvgIpc) is 2.90. The van der Waals surface area contributed by atoms with Gasteiger partial charge in [0.15, 0.2) is 0 Å². The molecule has 0 aromatic heterocycles. The van der Waals surface area contributed by atoms with Crippen molar-refractivity contribution in [2.75, 3.05) is 46.9 Å². The van der Waals surface area contributed by atoms with Gasteiger partial charge >= 0.3 is 0 Å². The van der Waals surface area contributed by atoms with Gasteiger partial charge in [-0.1, -0.05) is 26.0 Å². The monoisotopic (exact) mass is 560 g/mol. The Morgan fingerprint density at radius 2 is 1.82 bits per heavy atom. The number of rotatable bonds is 7.